The summed E-state index contributed by atoms with van der Waals surface area (Å²) in [7, 11) is 0. The second-order valence-electron chi connectivity index (χ2n) is 3.31. The van der Waals surface area contributed by atoms with Crippen LogP contribution in [-0.2, 0) is 0 Å². The van der Waals surface area contributed by atoms with Gasteiger partial charge in [-0.2, -0.15) is 0 Å². The fourth-order valence-electron chi connectivity index (χ4n) is 1.41. The van der Waals surface area contributed by atoms with Crippen molar-refractivity contribution >= 4 is 59.1 Å². The number of benzene rings is 1. The summed E-state index contributed by atoms with van der Waals surface area (Å²) < 4.78 is 3.23. The van der Waals surface area contributed by atoms with E-state index in [4.69, 9.17) is 5.73 Å². The van der Waals surface area contributed by atoms with Gasteiger partial charge in [0.15, 0.2) is 0 Å². The molecule has 2 rings (SSSR count). The number of nitrogens with two attached hydrogens (primary N) is 1. The minimum atomic E-state index is -0.0926. The van der Waals surface area contributed by atoms with Gasteiger partial charge in [-0.15, -0.1) is 11.3 Å². The van der Waals surface area contributed by atoms with Crippen LogP contribution in [0.3, 0.4) is 0 Å². The molecule has 1 aromatic carbocycles. The highest BCUT2D eigenvalue weighted by Crippen LogP contribution is 2.36. The first-order valence-electron chi connectivity index (χ1n) is 4.53. The number of halogens is 3. The summed E-state index contributed by atoms with van der Waals surface area (Å²) >= 11 is 12.0. The van der Waals surface area contributed by atoms with Crippen molar-refractivity contribution in [3.8, 4) is 0 Å². The Kier molecular flexibility index (Phi) is 4.24. The molecule has 2 N–H and O–H groups in total. The lowest BCUT2D eigenvalue weighted by Crippen LogP contribution is -2.11. The molecule has 1 heterocycles. The van der Waals surface area contributed by atoms with Crippen LogP contribution in [0.25, 0.3) is 0 Å². The molecule has 0 aliphatic heterocycles. The minimum Gasteiger partial charge on any atom is -0.320 e. The molecule has 0 amide bonds. The topological polar surface area (TPSA) is 26.0 Å². The molecule has 0 aliphatic carbocycles. The lowest BCUT2D eigenvalue weighted by atomic mass is 10.0. The van der Waals surface area contributed by atoms with Gasteiger partial charge in [-0.3, -0.25) is 0 Å². The normalized spacial score (nSPS) is 12.8. The van der Waals surface area contributed by atoms with Crippen molar-refractivity contribution in [1.82, 2.24) is 0 Å². The Morgan fingerprint density at radius 2 is 1.69 bits per heavy atom. The van der Waals surface area contributed by atoms with E-state index >= 15 is 0 Å². The molecule has 0 saturated heterocycles. The Bertz CT molecular complexity index is 492. The van der Waals surface area contributed by atoms with E-state index in [1.807, 2.05) is 24.3 Å². The van der Waals surface area contributed by atoms with Gasteiger partial charge >= 0.3 is 0 Å². The summed E-state index contributed by atoms with van der Waals surface area (Å²) in [5.41, 5.74) is 8.44. The SMILES string of the molecule is NC(c1ccc(Br)cc1)c1cc(Br)sc1Br. The number of rotatable bonds is 2. The van der Waals surface area contributed by atoms with Gasteiger partial charge in [-0.25, -0.2) is 0 Å². The third-order valence-corrected chi connectivity index (χ3v) is 5.16. The first-order valence-corrected chi connectivity index (χ1v) is 7.73. The second kappa shape index (κ2) is 5.31. The van der Waals surface area contributed by atoms with Crippen LogP contribution in [0, 0.1) is 0 Å². The summed E-state index contributed by atoms with van der Waals surface area (Å²) in [6.07, 6.45) is 0. The molecule has 2 aromatic rings. The zero-order valence-corrected chi connectivity index (χ0v) is 13.7. The predicted octanol–water partition coefficient (Wildman–Crippen LogP) is 5.08. The molecule has 0 radical (unpaired) electrons. The van der Waals surface area contributed by atoms with Gasteiger partial charge in [0.05, 0.1) is 13.6 Å². The van der Waals surface area contributed by atoms with Crippen LogP contribution in [-0.4, -0.2) is 0 Å². The fraction of sp³-hybridized carbons (Fsp3) is 0.0909. The van der Waals surface area contributed by atoms with Crippen molar-refractivity contribution in [3.63, 3.8) is 0 Å². The number of thiophene rings is 1. The summed E-state index contributed by atoms with van der Waals surface area (Å²) in [5.74, 6) is 0. The van der Waals surface area contributed by atoms with Crippen LogP contribution in [0.5, 0.6) is 0 Å². The smallest absolute Gasteiger partial charge is 0.0761 e. The zero-order valence-electron chi connectivity index (χ0n) is 8.08. The average Bonchev–Trinajstić information content (AvgIpc) is 2.58. The highest BCUT2D eigenvalue weighted by atomic mass is 79.9. The van der Waals surface area contributed by atoms with Gasteiger partial charge in [0.25, 0.3) is 0 Å². The molecule has 1 atom stereocenters. The van der Waals surface area contributed by atoms with Crippen molar-refractivity contribution in [3.05, 3.63) is 53.5 Å². The van der Waals surface area contributed by atoms with Crippen LogP contribution in [0.1, 0.15) is 17.2 Å². The van der Waals surface area contributed by atoms with E-state index in [0.717, 1.165) is 23.2 Å². The number of hydrogen-bond acceptors (Lipinski definition) is 2. The van der Waals surface area contributed by atoms with Gasteiger partial charge in [0.2, 0.25) is 0 Å². The van der Waals surface area contributed by atoms with Gasteiger partial charge in [0, 0.05) is 4.47 Å². The standard InChI is InChI=1S/C11H8Br3NS/c12-7-3-1-6(2-4-7)10(15)8-5-9(13)16-11(8)14/h1-5,10H,15H2. The largest absolute Gasteiger partial charge is 0.320 e. The van der Waals surface area contributed by atoms with Crippen molar-refractivity contribution in [2.45, 2.75) is 6.04 Å². The zero-order chi connectivity index (χ0) is 11.7. The lowest BCUT2D eigenvalue weighted by molar-refractivity contribution is 0.872. The average molecular weight is 426 g/mol. The van der Waals surface area contributed by atoms with Gasteiger partial charge in [-0.05, 0) is 61.2 Å². The molecule has 1 aromatic heterocycles. The van der Waals surface area contributed by atoms with Gasteiger partial charge < -0.3 is 5.73 Å². The third kappa shape index (κ3) is 2.76. The van der Waals surface area contributed by atoms with Crippen LogP contribution in [0.15, 0.2) is 42.4 Å². The van der Waals surface area contributed by atoms with Crippen molar-refractivity contribution in [2.24, 2.45) is 5.73 Å². The molecule has 1 nitrogen and oxygen atoms in total. The van der Waals surface area contributed by atoms with Crippen molar-refractivity contribution < 1.29 is 0 Å². The molecule has 0 spiro atoms. The van der Waals surface area contributed by atoms with E-state index in [1.165, 1.54) is 0 Å². The molecular weight excluding hydrogens is 418 g/mol. The van der Waals surface area contributed by atoms with E-state index in [0.29, 0.717) is 0 Å². The summed E-state index contributed by atoms with van der Waals surface area (Å²) in [6, 6.07) is 10.0. The first-order chi connectivity index (χ1) is 7.58. The Hall–Kier alpha value is 0.320. The Labute approximate surface area is 123 Å². The Balaban J connectivity index is 2.35. The quantitative estimate of drug-likeness (QED) is 0.713. The minimum absolute atomic E-state index is 0.0926. The molecule has 0 saturated carbocycles. The maximum absolute atomic E-state index is 6.22. The van der Waals surface area contributed by atoms with Crippen LogP contribution in [0.2, 0.25) is 0 Å². The summed E-state index contributed by atoms with van der Waals surface area (Å²) in [4.78, 5) is 0. The maximum atomic E-state index is 6.22. The van der Waals surface area contributed by atoms with Gasteiger partial charge in [0.1, 0.15) is 0 Å². The molecule has 0 aliphatic rings. The highest BCUT2D eigenvalue weighted by Gasteiger charge is 2.14. The molecule has 0 fully saturated rings. The molecule has 16 heavy (non-hydrogen) atoms. The van der Waals surface area contributed by atoms with Gasteiger partial charge in [-0.1, -0.05) is 28.1 Å². The molecule has 1 unspecified atom stereocenters. The Morgan fingerprint density at radius 3 is 2.19 bits per heavy atom. The molecule has 5 heteroatoms. The highest BCUT2D eigenvalue weighted by molar-refractivity contribution is 9.12. The van der Waals surface area contributed by atoms with Crippen molar-refractivity contribution in [2.75, 3.05) is 0 Å². The van der Waals surface area contributed by atoms with E-state index in [1.54, 1.807) is 11.3 Å². The molecule has 84 valence electrons. The summed E-state index contributed by atoms with van der Waals surface area (Å²) in [5, 5.41) is 0. The first kappa shape index (κ1) is 12.8. The third-order valence-electron chi connectivity index (χ3n) is 2.25. The Morgan fingerprint density at radius 1 is 1.06 bits per heavy atom. The molecular formula is C11H8Br3NS. The molecule has 0 bridgehead atoms. The summed E-state index contributed by atoms with van der Waals surface area (Å²) in [6.45, 7) is 0. The number of hydrogen-bond donors (Lipinski definition) is 1. The van der Waals surface area contributed by atoms with Crippen molar-refractivity contribution in [1.29, 1.82) is 0 Å². The lowest BCUT2D eigenvalue weighted by Gasteiger charge is -2.11. The van der Waals surface area contributed by atoms with E-state index in [9.17, 15) is 0 Å². The fourth-order valence-corrected chi connectivity index (χ4v) is 4.61. The van der Waals surface area contributed by atoms with E-state index in [-0.39, 0.29) is 6.04 Å². The maximum Gasteiger partial charge on any atom is 0.0761 e. The monoisotopic (exact) mass is 423 g/mol. The van der Waals surface area contributed by atoms with Crippen LogP contribution < -0.4 is 5.73 Å². The van der Waals surface area contributed by atoms with E-state index in [2.05, 4.69) is 53.9 Å². The van der Waals surface area contributed by atoms with Crippen LogP contribution in [0.4, 0.5) is 0 Å². The van der Waals surface area contributed by atoms with Crippen LogP contribution >= 0.6 is 59.1 Å². The van der Waals surface area contributed by atoms with E-state index < -0.39 is 0 Å². The second-order valence-corrected chi connectivity index (χ2v) is 7.97. The predicted molar refractivity (Wildman–Crippen MR) is 79.9 cm³/mol.